The molecule has 6 heteroatoms. The average molecular weight is 224 g/mol. The standard InChI is InChI=1S/C7H6F2O2S2/c1-12-4-2-5(8)7(13(10)11)6(9)3-4/h2-3,13H,1H3. The van der Waals surface area contributed by atoms with Gasteiger partial charge in [0.05, 0.1) is 0 Å². The molecule has 0 saturated carbocycles. The van der Waals surface area contributed by atoms with E-state index in [2.05, 4.69) is 0 Å². The fraction of sp³-hybridized carbons (Fsp3) is 0.143. The molecule has 1 aromatic rings. The molecule has 0 bridgehead atoms. The molecule has 0 unspecified atom stereocenters. The molecule has 2 nitrogen and oxygen atoms in total. The summed E-state index contributed by atoms with van der Waals surface area (Å²) in [6.45, 7) is 0. The minimum absolute atomic E-state index is 0.357. The third-order valence-corrected chi connectivity index (χ3v) is 2.91. The third-order valence-electron chi connectivity index (χ3n) is 1.41. The molecule has 0 aliphatic rings. The second kappa shape index (κ2) is 4.06. The van der Waals surface area contributed by atoms with Gasteiger partial charge in [-0.2, -0.15) is 0 Å². The molecule has 13 heavy (non-hydrogen) atoms. The zero-order valence-electron chi connectivity index (χ0n) is 6.58. The van der Waals surface area contributed by atoms with E-state index in [9.17, 15) is 17.2 Å². The highest BCUT2D eigenvalue weighted by molar-refractivity contribution is 7.98. The maximum atomic E-state index is 12.9. The van der Waals surface area contributed by atoms with Crippen molar-refractivity contribution in [1.82, 2.24) is 0 Å². The van der Waals surface area contributed by atoms with E-state index in [0.29, 0.717) is 4.90 Å². The first kappa shape index (κ1) is 10.5. The highest BCUT2D eigenvalue weighted by Crippen LogP contribution is 2.22. The Kier molecular flexibility index (Phi) is 3.27. The summed E-state index contributed by atoms with van der Waals surface area (Å²) in [5.41, 5.74) is 0. The molecule has 0 saturated heterocycles. The van der Waals surface area contributed by atoms with E-state index in [1.807, 2.05) is 0 Å². The van der Waals surface area contributed by atoms with Gasteiger partial charge in [-0.05, 0) is 18.4 Å². The van der Waals surface area contributed by atoms with Crippen LogP contribution in [0.2, 0.25) is 0 Å². The smallest absolute Gasteiger partial charge is 0.174 e. The van der Waals surface area contributed by atoms with Gasteiger partial charge in [0.25, 0.3) is 0 Å². The van der Waals surface area contributed by atoms with Crippen LogP contribution in [0.3, 0.4) is 0 Å². The van der Waals surface area contributed by atoms with Crippen LogP contribution in [0.25, 0.3) is 0 Å². The number of hydrogen-bond donors (Lipinski definition) is 1. The second-order valence-electron chi connectivity index (χ2n) is 2.20. The first-order chi connectivity index (χ1) is 6.06. The number of thioether (sulfide) groups is 1. The molecule has 1 aromatic carbocycles. The molecule has 0 radical (unpaired) electrons. The molecule has 0 spiro atoms. The number of hydrogen-bond acceptors (Lipinski definition) is 3. The van der Waals surface area contributed by atoms with Crippen LogP contribution in [-0.2, 0) is 10.7 Å². The predicted molar refractivity (Wildman–Crippen MR) is 46.7 cm³/mol. The van der Waals surface area contributed by atoms with Gasteiger partial charge in [-0.1, -0.05) is 0 Å². The number of benzene rings is 1. The van der Waals surface area contributed by atoms with Gasteiger partial charge in [-0.3, -0.25) is 0 Å². The largest absolute Gasteiger partial charge is 0.227 e. The summed E-state index contributed by atoms with van der Waals surface area (Å²) in [4.78, 5) is -0.511. The van der Waals surface area contributed by atoms with Crippen LogP contribution in [0.4, 0.5) is 8.78 Å². The Balaban J connectivity index is 3.39. The van der Waals surface area contributed by atoms with Crippen molar-refractivity contribution >= 4 is 22.5 Å². The summed E-state index contributed by atoms with van der Waals surface area (Å²) < 4.78 is 46.6. The number of thiol groups is 1. The van der Waals surface area contributed by atoms with Crippen molar-refractivity contribution in [3.63, 3.8) is 0 Å². The Morgan fingerprint density at radius 3 is 2.00 bits per heavy atom. The summed E-state index contributed by atoms with van der Waals surface area (Å²) >= 11 is 1.14. The van der Waals surface area contributed by atoms with E-state index in [4.69, 9.17) is 0 Å². The van der Waals surface area contributed by atoms with E-state index in [1.165, 1.54) is 0 Å². The van der Waals surface area contributed by atoms with E-state index in [-0.39, 0.29) is 0 Å². The Labute approximate surface area is 79.9 Å². The van der Waals surface area contributed by atoms with Crippen molar-refractivity contribution in [3.05, 3.63) is 23.8 Å². The molecule has 0 aromatic heterocycles. The van der Waals surface area contributed by atoms with E-state index in [1.54, 1.807) is 6.26 Å². The minimum atomic E-state index is -3.21. The van der Waals surface area contributed by atoms with Crippen LogP contribution in [-0.4, -0.2) is 14.7 Å². The van der Waals surface area contributed by atoms with Crippen molar-refractivity contribution in [2.75, 3.05) is 6.26 Å². The average Bonchev–Trinajstić information content (AvgIpc) is 2.02. The van der Waals surface area contributed by atoms with Crippen molar-refractivity contribution in [3.8, 4) is 0 Å². The lowest BCUT2D eigenvalue weighted by atomic mass is 10.3. The van der Waals surface area contributed by atoms with Gasteiger partial charge in [0.15, 0.2) is 10.7 Å². The first-order valence-electron chi connectivity index (χ1n) is 3.23. The molecule has 0 fully saturated rings. The van der Waals surface area contributed by atoms with E-state index < -0.39 is 27.2 Å². The fourth-order valence-electron chi connectivity index (χ4n) is 0.835. The van der Waals surface area contributed by atoms with E-state index in [0.717, 1.165) is 23.9 Å². The normalized spacial score (nSPS) is 10.8. The van der Waals surface area contributed by atoms with Gasteiger partial charge in [0, 0.05) is 4.90 Å². The van der Waals surface area contributed by atoms with E-state index >= 15 is 0 Å². The van der Waals surface area contributed by atoms with Crippen LogP contribution < -0.4 is 0 Å². The van der Waals surface area contributed by atoms with Crippen LogP contribution >= 0.6 is 11.8 Å². The minimum Gasteiger partial charge on any atom is -0.227 e. The van der Waals surface area contributed by atoms with Gasteiger partial charge in [-0.15, -0.1) is 11.8 Å². The van der Waals surface area contributed by atoms with Crippen molar-refractivity contribution in [2.24, 2.45) is 0 Å². The molecule has 0 aliphatic heterocycles. The van der Waals surface area contributed by atoms with Crippen LogP contribution in [0.5, 0.6) is 0 Å². The lowest BCUT2D eigenvalue weighted by Crippen LogP contribution is -1.93. The number of halogens is 2. The van der Waals surface area contributed by atoms with Crippen molar-refractivity contribution in [2.45, 2.75) is 9.79 Å². The molecular formula is C7H6F2O2S2. The highest BCUT2D eigenvalue weighted by Gasteiger charge is 2.12. The van der Waals surface area contributed by atoms with Crippen molar-refractivity contribution < 1.29 is 17.2 Å². The molecule has 0 aliphatic carbocycles. The topological polar surface area (TPSA) is 34.1 Å². The fourth-order valence-corrected chi connectivity index (χ4v) is 1.76. The molecule has 1 rings (SSSR count). The molecule has 0 atom stereocenters. The molecule has 0 heterocycles. The van der Waals surface area contributed by atoms with Crippen LogP contribution in [0.1, 0.15) is 0 Å². The van der Waals surface area contributed by atoms with Gasteiger partial charge < -0.3 is 0 Å². The van der Waals surface area contributed by atoms with Gasteiger partial charge in [-0.25, -0.2) is 17.2 Å². The summed E-state index contributed by atoms with van der Waals surface area (Å²) in [6.07, 6.45) is 1.64. The zero-order valence-corrected chi connectivity index (χ0v) is 8.29. The zero-order chi connectivity index (χ0) is 10.0. The second-order valence-corrected chi connectivity index (χ2v) is 4.04. The summed E-state index contributed by atoms with van der Waals surface area (Å²) in [5, 5.41) is 0. The molecule has 72 valence electrons. The Hall–Kier alpha value is -0.620. The highest BCUT2D eigenvalue weighted by atomic mass is 32.2. The van der Waals surface area contributed by atoms with Crippen molar-refractivity contribution in [1.29, 1.82) is 0 Å². The molecular weight excluding hydrogens is 218 g/mol. The summed E-state index contributed by atoms with van der Waals surface area (Å²) in [7, 11) is -3.21. The number of rotatable bonds is 2. The lowest BCUT2D eigenvalue weighted by molar-refractivity contribution is 0.521. The summed E-state index contributed by atoms with van der Waals surface area (Å²) in [5.74, 6) is -2.08. The first-order valence-corrected chi connectivity index (χ1v) is 5.64. The predicted octanol–water partition coefficient (Wildman–Crippen LogP) is 1.66. The van der Waals surface area contributed by atoms with Gasteiger partial charge >= 0.3 is 0 Å². The molecule has 0 amide bonds. The monoisotopic (exact) mass is 224 g/mol. The van der Waals surface area contributed by atoms with Crippen LogP contribution in [0, 0.1) is 11.6 Å². The molecule has 0 N–H and O–H groups in total. The Bertz CT molecular complexity index is 370. The summed E-state index contributed by atoms with van der Waals surface area (Å²) in [6, 6.07) is 1.99. The quantitative estimate of drug-likeness (QED) is 0.612. The Morgan fingerprint density at radius 2 is 1.69 bits per heavy atom. The maximum Gasteiger partial charge on any atom is 0.174 e. The van der Waals surface area contributed by atoms with Gasteiger partial charge in [0.2, 0.25) is 0 Å². The SMILES string of the molecule is CSc1cc(F)c([SH](=O)=O)c(F)c1. The van der Waals surface area contributed by atoms with Crippen LogP contribution in [0.15, 0.2) is 21.9 Å². The lowest BCUT2D eigenvalue weighted by Gasteiger charge is -2.00. The Morgan fingerprint density at radius 1 is 1.23 bits per heavy atom. The maximum absolute atomic E-state index is 12.9. The third kappa shape index (κ3) is 2.19. The van der Waals surface area contributed by atoms with Gasteiger partial charge in [0.1, 0.15) is 16.5 Å².